The molecule has 6 nitrogen and oxygen atoms in total. The second kappa shape index (κ2) is 9.10. The van der Waals surface area contributed by atoms with E-state index in [1.807, 2.05) is 34.1 Å². The predicted molar refractivity (Wildman–Crippen MR) is 129 cm³/mol. The number of rotatable bonds is 4. The van der Waals surface area contributed by atoms with E-state index in [2.05, 4.69) is 5.16 Å². The highest BCUT2D eigenvalue weighted by atomic mass is 19.1. The van der Waals surface area contributed by atoms with Gasteiger partial charge in [0, 0.05) is 55.0 Å². The van der Waals surface area contributed by atoms with Crippen molar-refractivity contribution in [3.63, 3.8) is 0 Å². The average Bonchev–Trinajstić information content (AvgIpc) is 3.45. The number of fused-ring (bicyclic) bond motifs is 2. The number of carbonyl (C=O) groups excluding carboxylic acids is 2. The summed E-state index contributed by atoms with van der Waals surface area (Å²) < 4.78 is 18.8. The van der Waals surface area contributed by atoms with Crippen LogP contribution in [0.1, 0.15) is 66.1 Å². The highest BCUT2D eigenvalue weighted by Gasteiger charge is 2.35. The van der Waals surface area contributed by atoms with Gasteiger partial charge in [-0.25, -0.2) is 4.39 Å². The molecule has 0 spiro atoms. The van der Waals surface area contributed by atoms with Gasteiger partial charge in [0.15, 0.2) is 5.58 Å². The van der Waals surface area contributed by atoms with Crippen molar-refractivity contribution in [3.8, 4) is 0 Å². The van der Waals surface area contributed by atoms with Crippen molar-refractivity contribution in [3.05, 3.63) is 65.1 Å². The quantitative estimate of drug-likeness (QED) is 0.524. The normalized spacial score (nSPS) is 23.2. The van der Waals surface area contributed by atoms with Gasteiger partial charge in [-0.3, -0.25) is 9.59 Å². The van der Waals surface area contributed by atoms with Gasteiger partial charge in [-0.1, -0.05) is 23.4 Å². The van der Waals surface area contributed by atoms with E-state index in [4.69, 9.17) is 4.52 Å². The molecule has 0 unspecified atom stereocenters. The van der Waals surface area contributed by atoms with Gasteiger partial charge in [-0.15, -0.1) is 0 Å². The Balaban J connectivity index is 0.998. The van der Waals surface area contributed by atoms with Crippen LogP contribution in [0.15, 0.2) is 47.0 Å². The number of likely N-dealkylation sites (tertiary alicyclic amines) is 1. The molecule has 3 aromatic rings. The van der Waals surface area contributed by atoms with Gasteiger partial charge < -0.3 is 14.3 Å². The maximum atomic E-state index is 13.5. The number of carbonyl (C=O) groups is 2. The maximum absolute atomic E-state index is 13.5. The predicted octanol–water partition coefficient (Wildman–Crippen LogP) is 5.14. The first-order chi connectivity index (χ1) is 17.1. The fraction of sp³-hybridized carbons (Fsp3) is 0.464. The highest BCUT2D eigenvalue weighted by Crippen LogP contribution is 2.36. The van der Waals surface area contributed by atoms with E-state index >= 15 is 0 Å². The van der Waals surface area contributed by atoms with Gasteiger partial charge in [0.05, 0.1) is 5.69 Å². The van der Waals surface area contributed by atoms with E-state index < -0.39 is 0 Å². The van der Waals surface area contributed by atoms with Gasteiger partial charge in [0.25, 0.3) is 5.91 Å². The summed E-state index contributed by atoms with van der Waals surface area (Å²) in [6.45, 7) is 2.94. The Morgan fingerprint density at radius 1 is 1.03 bits per heavy atom. The highest BCUT2D eigenvalue weighted by molar-refractivity contribution is 5.98. The number of halogens is 1. The molecule has 0 radical (unpaired) electrons. The Labute approximate surface area is 204 Å². The van der Waals surface area contributed by atoms with Crippen LogP contribution in [0.4, 0.5) is 4.39 Å². The molecule has 6 rings (SSSR count). The molecule has 1 saturated heterocycles. The summed E-state index contributed by atoms with van der Waals surface area (Å²) in [6, 6.07) is 12.4. The number of hydrogen-bond acceptors (Lipinski definition) is 4. The zero-order chi connectivity index (χ0) is 23.9. The van der Waals surface area contributed by atoms with Gasteiger partial charge >= 0.3 is 0 Å². The summed E-state index contributed by atoms with van der Waals surface area (Å²) in [5, 5.41) is 5.09. The number of aromatic nitrogens is 1. The first-order valence-electron chi connectivity index (χ1n) is 12.8. The van der Waals surface area contributed by atoms with Crippen molar-refractivity contribution in [2.75, 3.05) is 19.6 Å². The number of nitrogens with zero attached hydrogens (tertiary/aromatic N) is 3. The molecule has 1 aromatic heterocycles. The average molecular weight is 476 g/mol. The van der Waals surface area contributed by atoms with E-state index in [1.165, 1.54) is 12.1 Å². The van der Waals surface area contributed by atoms with Crippen LogP contribution in [-0.2, 0) is 11.3 Å². The zero-order valence-corrected chi connectivity index (χ0v) is 19.8. The topological polar surface area (TPSA) is 66.7 Å². The van der Waals surface area contributed by atoms with Gasteiger partial charge in [-0.2, -0.15) is 0 Å². The summed E-state index contributed by atoms with van der Waals surface area (Å²) in [6.07, 6.45) is 5.48. The Morgan fingerprint density at radius 3 is 2.57 bits per heavy atom. The molecule has 0 bridgehead atoms. The summed E-state index contributed by atoms with van der Waals surface area (Å²) in [4.78, 5) is 29.9. The molecule has 3 aliphatic rings. The van der Waals surface area contributed by atoms with Crippen LogP contribution in [0.3, 0.4) is 0 Å². The van der Waals surface area contributed by atoms with E-state index in [0.29, 0.717) is 18.0 Å². The lowest BCUT2D eigenvalue weighted by Crippen LogP contribution is -2.43. The third-order valence-electron chi connectivity index (χ3n) is 8.23. The second-order valence-corrected chi connectivity index (χ2v) is 10.4. The first-order valence-corrected chi connectivity index (χ1v) is 12.8. The lowest BCUT2D eigenvalue weighted by atomic mass is 9.80. The molecule has 7 heteroatoms. The van der Waals surface area contributed by atoms with Crippen molar-refractivity contribution >= 4 is 22.8 Å². The van der Waals surface area contributed by atoms with Crippen LogP contribution >= 0.6 is 0 Å². The minimum Gasteiger partial charge on any atom is -0.356 e. The van der Waals surface area contributed by atoms with E-state index in [9.17, 15) is 14.0 Å². The third kappa shape index (κ3) is 4.21. The van der Waals surface area contributed by atoms with Crippen LogP contribution in [-0.4, -0.2) is 46.4 Å². The molecule has 0 atom stereocenters. The molecule has 3 heterocycles. The zero-order valence-electron chi connectivity index (χ0n) is 19.8. The van der Waals surface area contributed by atoms with Crippen LogP contribution in [0.5, 0.6) is 0 Å². The number of hydrogen-bond donors (Lipinski definition) is 0. The van der Waals surface area contributed by atoms with Crippen molar-refractivity contribution in [2.24, 2.45) is 11.8 Å². The Kier molecular flexibility index (Phi) is 5.78. The lowest BCUT2D eigenvalue weighted by molar-refractivity contribution is -0.138. The number of amides is 2. The SMILES string of the molecule is O=C1c2ccccc2CN1CC1CCC(C(=O)N2CCC(c3noc4cc(F)ccc34)CC2)CC1. The standard InChI is InChI=1S/C28H30FN3O3/c29-22-9-10-24-25(15-22)35-30-26(24)19-11-13-31(14-12-19)27(33)20-7-5-18(6-8-20)16-32-17-21-3-1-2-4-23(21)28(32)34/h1-4,9-10,15,18-20H,5-8,11-14,16-17H2. The second-order valence-electron chi connectivity index (χ2n) is 10.4. The van der Waals surface area contributed by atoms with E-state index in [1.54, 1.807) is 6.07 Å². The smallest absolute Gasteiger partial charge is 0.254 e. The number of piperidine rings is 1. The summed E-state index contributed by atoms with van der Waals surface area (Å²) in [7, 11) is 0. The van der Waals surface area contributed by atoms with E-state index in [0.717, 1.165) is 80.4 Å². The Morgan fingerprint density at radius 2 is 1.80 bits per heavy atom. The van der Waals surface area contributed by atoms with Crippen LogP contribution in [0, 0.1) is 17.7 Å². The fourth-order valence-corrected chi connectivity index (χ4v) is 6.22. The fourth-order valence-electron chi connectivity index (χ4n) is 6.22. The molecule has 2 amide bonds. The molecular formula is C28H30FN3O3. The van der Waals surface area contributed by atoms with Crippen LogP contribution in [0.25, 0.3) is 11.0 Å². The third-order valence-corrected chi connectivity index (χ3v) is 8.23. The molecule has 2 aromatic carbocycles. The molecular weight excluding hydrogens is 445 g/mol. The van der Waals surface area contributed by atoms with Gasteiger partial charge in [-0.05, 0) is 68.2 Å². The molecule has 2 aliphatic heterocycles. The van der Waals surface area contributed by atoms with Crippen LogP contribution < -0.4 is 0 Å². The molecule has 0 N–H and O–H groups in total. The Bertz CT molecular complexity index is 1260. The first kappa shape index (κ1) is 22.3. The lowest BCUT2D eigenvalue weighted by Gasteiger charge is -2.36. The van der Waals surface area contributed by atoms with Gasteiger partial charge in [0.2, 0.25) is 5.91 Å². The molecule has 1 saturated carbocycles. The molecule has 35 heavy (non-hydrogen) atoms. The van der Waals surface area contributed by atoms with Crippen molar-refractivity contribution in [2.45, 2.75) is 51.0 Å². The van der Waals surface area contributed by atoms with E-state index in [-0.39, 0.29) is 29.5 Å². The van der Waals surface area contributed by atoms with Crippen molar-refractivity contribution < 1.29 is 18.5 Å². The summed E-state index contributed by atoms with van der Waals surface area (Å²) in [5.41, 5.74) is 3.32. The van der Waals surface area contributed by atoms with Crippen molar-refractivity contribution in [1.29, 1.82) is 0 Å². The largest absolute Gasteiger partial charge is 0.356 e. The maximum Gasteiger partial charge on any atom is 0.254 e. The number of benzene rings is 2. The summed E-state index contributed by atoms with van der Waals surface area (Å²) >= 11 is 0. The van der Waals surface area contributed by atoms with Crippen LogP contribution in [0.2, 0.25) is 0 Å². The molecule has 1 aliphatic carbocycles. The Hall–Kier alpha value is -3.22. The minimum atomic E-state index is -0.326. The minimum absolute atomic E-state index is 0.0881. The monoisotopic (exact) mass is 475 g/mol. The van der Waals surface area contributed by atoms with Gasteiger partial charge in [0.1, 0.15) is 5.82 Å². The molecule has 2 fully saturated rings. The summed E-state index contributed by atoms with van der Waals surface area (Å²) in [5.74, 6) is 0.875. The molecule has 182 valence electrons. The van der Waals surface area contributed by atoms with Crippen molar-refractivity contribution in [1.82, 2.24) is 15.0 Å².